The van der Waals surface area contributed by atoms with E-state index in [1.807, 2.05) is 50.5 Å². The Morgan fingerprint density at radius 2 is 1.30 bits per heavy atom. The van der Waals surface area contributed by atoms with Crippen molar-refractivity contribution in [2.75, 3.05) is 40.8 Å². The zero-order chi connectivity index (χ0) is 19.2. The molecule has 2 aromatic carbocycles. The van der Waals surface area contributed by atoms with Crippen molar-refractivity contribution in [3.05, 3.63) is 71.8 Å². The van der Waals surface area contributed by atoms with E-state index in [4.69, 9.17) is 0 Å². The van der Waals surface area contributed by atoms with Gasteiger partial charge in [-0.3, -0.25) is 4.79 Å². The molecule has 148 valence electrons. The van der Waals surface area contributed by atoms with E-state index in [0.29, 0.717) is 0 Å². The van der Waals surface area contributed by atoms with Crippen LogP contribution in [-0.4, -0.2) is 56.1 Å². The molecule has 4 heteroatoms. The maximum absolute atomic E-state index is 13.6. The Morgan fingerprint density at radius 3 is 1.63 bits per heavy atom. The third-order valence-electron chi connectivity index (χ3n) is 5.86. The number of halogens is 1. The van der Waals surface area contributed by atoms with Crippen molar-refractivity contribution in [3.8, 4) is 0 Å². The van der Waals surface area contributed by atoms with Crippen LogP contribution in [-0.2, 0) is 10.2 Å². The molecule has 0 heterocycles. The number of hydrogen-bond acceptors (Lipinski definition) is 1. The van der Waals surface area contributed by atoms with Crippen molar-refractivity contribution in [1.82, 2.24) is 4.90 Å². The molecule has 0 radical (unpaired) electrons. The second kappa shape index (κ2) is 10.0. The molecule has 0 spiro atoms. The Labute approximate surface area is 175 Å². The Balaban J connectivity index is 0.00000364. The van der Waals surface area contributed by atoms with E-state index >= 15 is 0 Å². The second-order valence-electron chi connectivity index (χ2n) is 7.56. The van der Waals surface area contributed by atoms with Crippen LogP contribution in [0.15, 0.2) is 60.7 Å². The summed E-state index contributed by atoms with van der Waals surface area (Å²) in [6, 6.07) is 20.5. The highest BCUT2D eigenvalue weighted by Gasteiger charge is 2.44. The van der Waals surface area contributed by atoms with Gasteiger partial charge in [0.25, 0.3) is 0 Å². The molecule has 2 aromatic rings. The molecular formula is C23H33BrN2O. The summed E-state index contributed by atoms with van der Waals surface area (Å²) < 4.78 is 0.960. The molecule has 0 aliphatic heterocycles. The summed E-state index contributed by atoms with van der Waals surface area (Å²) in [5.74, 6) is 0.147. The fraction of sp³-hybridized carbons (Fsp3) is 0.435. The lowest BCUT2D eigenvalue weighted by atomic mass is 9.70. The van der Waals surface area contributed by atoms with E-state index in [1.54, 1.807) is 4.90 Å². The maximum Gasteiger partial charge on any atom is 0.237 e. The lowest BCUT2D eigenvalue weighted by molar-refractivity contribution is -0.906. The van der Waals surface area contributed by atoms with Crippen molar-refractivity contribution in [1.29, 1.82) is 0 Å². The summed E-state index contributed by atoms with van der Waals surface area (Å²) in [6.45, 7) is 7.53. The zero-order valence-electron chi connectivity index (χ0n) is 17.3. The molecule has 1 amide bonds. The second-order valence-corrected chi connectivity index (χ2v) is 7.56. The molecular weight excluding hydrogens is 400 g/mol. The molecule has 0 bridgehead atoms. The molecule has 0 saturated carbocycles. The van der Waals surface area contributed by atoms with Crippen molar-refractivity contribution in [2.45, 2.75) is 25.7 Å². The first kappa shape index (κ1) is 23.4. The van der Waals surface area contributed by atoms with Gasteiger partial charge >= 0.3 is 0 Å². The van der Waals surface area contributed by atoms with Gasteiger partial charge in [0.2, 0.25) is 5.91 Å². The van der Waals surface area contributed by atoms with Crippen molar-refractivity contribution < 1.29 is 26.3 Å². The van der Waals surface area contributed by atoms with Gasteiger partial charge in [0.05, 0.1) is 26.7 Å². The zero-order valence-corrected chi connectivity index (χ0v) is 18.9. The monoisotopic (exact) mass is 432 g/mol. The van der Waals surface area contributed by atoms with E-state index in [1.165, 1.54) is 0 Å². The molecule has 0 aliphatic rings. The van der Waals surface area contributed by atoms with Gasteiger partial charge in [0.1, 0.15) is 5.41 Å². The summed E-state index contributed by atoms with van der Waals surface area (Å²) in [5, 5.41) is 0. The van der Waals surface area contributed by atoms with Crippen molar-refractivity contribution in [2.24, 2.45) is 0 Å². The van der Waals surface area contributed by atoms with Gasteiger partial charge in [-0.05, 0) is 25.0 Å². The van der Waals surface area contributed by atoms with Crippen LogP contribution in [0, 0.1) is 0 Å². The smallest absolute Gasteiger partial charge is 0.237 e. The predicted molar refractivity (Wildman–Crippen MR) is 109 cm³/mol. The Hall–Kier alpha value is -1.65. The van der Waals surface area contributed by atoms with E-state index < -0.39 is 5.41 Å². The molecule has 3 nitrogen and oxygen atoms in total. The third kappa shape index (κ3) is 4.99. The van der Waals surface area contributed by atoms with Crippen LogP contribution < -0.4 is 17.0 Å². The van der Waals surface area contributed by atoms with E-state index in [9.17, 15) is 4.79 Å². The average Bonchev–Trinajstić information content (AvgIpc) is 2.69. The van der Waals surface area contributed by atoms with Gasteiger partial charge in [-0.1, -0.05) is 60.7 Å². The average molecular weight is 433 g/mol. The van der Waals surface area contributed by atoms with Crippen molar-refractivity contribution in [3.63, 3.8) is 0 Å². The van der Waals surface area contributed by atoms with Crippen molar-refractivity contribution >= 4 is 5.91 Å². The van der Waals surface area contributed by atoms with Gasteiger partial charge in [0, 0.05) is 20.5 Å². The van der Waals surface area contributed by atoms with E-state index in [0.717, 1.165) is 41.7 Å². The first-order valence-corrected chi connectivity index (χ1v) is 9.56. The fourth-order valence-electron chi connectivity index (χ4n) is 3.61. The highest BCUT2D eigenvalue weighted by atomic mass is 79.9. The molecule has 0 unspecified atom stereocenters. The highest BCUT2D eigenvalue weighted by molar-refractivity contribution is 5.91. The van der Waals surface area contributed by atoms with E-state index in [-0.39, 0.29) is 22.9 Å². The molecule has 0 saturated heterocycles. The minimum Gasteiger partial charge on any atom is -1.00 e. The number of quaternary nitrogens is 1. The Morgan fingerprint density at radius 1 is 0.889 bits per heavy atom. The number of carbonyl (C=O) groups is 1. The first-order chi connectivity index (χ1) is 12.4. The molecule has 0 atom stereocenters. The predicted octanol–water partition coefficient (Wildman–Crippen LogP) is 0.941. The van der Waals surface area contributed by atoms with Gasteiger partial charge in [-0.2, -0.15) is 0 Å². The number of benzene rings is 2. The normalized spacial score (nSPS) is 11.6. The van der Waals surface area contributed by atoms with Crippen LogP contribution in [0.25, 0.3) is 0 Å². The first-order valence-electron chi connectivity index (χ1n) is 9.56. The lowest BCUT2D eigenvalue weighted by Gasteiger charge is -2.40. The molecule has 0 aromatic heterocycles. The van der Waals surface area contributed by atoms with Crippen LogP contribution in [0.2, 0.25) is 0 Å². The number of rotatable bonds is 8. The fourth-order valence-corrected chi connectivity index (χ4v) is 3.61. The largest absolute Gasteiger partial charge is 1.00 e. The summed E-state index contributed by atoms with van der Waals surface area (Å²) >= 11 is 0. The van der Waals surface area contributed by atoms with Crippen LogP contribution >= 0.6 is 0 Å². The SMILES string of the molecule is CC[N+](C)(CC)CCC(C(=O)N(C)C)(c1ccccc1)c1ccccc1.[Br-]. The highest BCUT2D eigenvalue weighted by Crippen LogP contribution is 2.38. The van der Waals surface area contributed by atoms with Crippen LogP contribution in [0.3, 0.4) is 0 Å². The maximum atomic E-state index is 13.6. The standard InChI is InChI=1S/C23H33N2O.BrH/c1-6-25(5,7-2)19-18-23(22(26)24(3)4,20-14-10-8-11-15-20)21-16-12-9-13-17-21;/h8-17H,6-7,18-19H2,1-5H3;1H/q+1;/p-1. The quantitative estimate of drug-likeness (QED) is 0.568. The van der Waals surface area contributed by atoms with Gasteiger partial charge in [-0.25, -0.2) is 0 Å². The third-order valence-corrected chi connectivity index (χ3v) is 5.86. The number of nitrogens with zero attached hydrogens (tertiary/aromatic N) is 2. The number of amides is 1. The number of likely N-dealkylation sites (N-methyl/N-ethyl adjacent to an activating group) is 1. The topological polar surface area (TPSA) is 20.3 Å². The lowest BCUT2D eigenvalue weighted by Crippen LogP contribution is -3.00. The summed E-state index contributed by atoms with van der Waals surface area (Å²) in [5.41, 5.74) is 1.49. The van der Waals surface area contributed by atoms with Crippen LogP contribution in [0.5, 0.6) is 0 Å². The summed E-state index contributed by atoms with van der Waals surface area (Å²) in [6.07, 6.45) is 0.788. The Bertz CT molecular complexity index is 657. The van der Waals surface area contributed by atoms with Gasteiger partial charge in [-0.15, -0.1) is 0 Å². The minimum absolute atomic E-state index is 0. The minimum atomic E-state index is -0.657. The van der Waals surface area contributed by atoms with Gasteiger partial charge in [0.15, 0.2) is 0 Å². The molecule has 0 fully saturated rings. The summed E-state index contributed by atoms with van der Waals surface area (Å²) in [7, 11) is 5.99. The molecule has 2 rings (SSSR count). The molecule has 27 heavy (non-hydrogen) atoms. The van der Waals surface area contributed by atoms with Crippen LogP contribution in [0.4, 0.5) is 0 Å². The number of carbonyl (C=O) groups excluding carboxylic acids is 1. The number of hydrogen-bond donors (Lipinski definition) is 0. The van der Waals surface area contributed by atoms with Gasteiger partial charge < -0.3 is 26.4 Å². The Kier molecular flexibility index (Phi) is 8.70. The van der Waals surface area contributed by atoms with E-state index in [2.05, 4.69) is 45.2 Å². The molecule has 0 aliphatic carbocycles. The summed E-state index contributed by atoms with van der Waals surface area (Å²) in [4.78, 5) is 15.3. The molecule has 0 N–H and O–H groups in total. The van der Waals surface area contributed by atoms with Crippen LogP contribution in [0.1, 0.15) is 31.4 Å².